The fraction of sp³-hybridized carbons (Fsp3) is 0.222. The third kappa shape index (κ3) is 3.41. The van der Waals surface area contributed by atoms with Crippen LogP contribution in [-0.4, -0.2) is 37.9 Å². The topological polar surface area (TPSA) is 42.3 Å². The van der Waals surface area contributed by atoms with Gasteiger partial charge in [-0.1, -0.05) is 12.1 Å². The normalized spacial score (nSPS) is 12.2. The third-order valence-electron chi connectivity index (χ3n) is 4.07. The molecular formula is C18H17BrF2N2O2S. The molecule has 0 amide bonds. The first-order valence-electron chi connectivity index (χ1n) is 7.85. The second-order valence-electron chi connectivity index (χ2n) is 6.22. The Morgan fingerprint density at radius 2 is 1.85 bits per heavy atom. The predicted octanol–water partition coefficient (Wildman–Crippen LogP) is 4.02. The van der Waals surface area contributed by atoms with Gasteiger partial charge in [0.2, 0.25) is 0 Å². The molecule has 138 valence electrons. The van der Waals surface area contributed by atoms with Gasteiger partial charge in [0, 0.05) is 28.7 Å². The van der Waals surface area contributed by atoms with Crippen molar-refractivity contribution in [3.8, 4) is 0 Å². The zero-order valence-corrected chi connectivity index (χ0v) is 16.6. The summed E-state index contributed by atoms with van der Waals surface area (Å²) in [5, 5.41) is 0.264. The molecule has 0 N–H and O–H groups in total. The zero-order valence-electron chi connectivity index (χ0n) is 14.2. The van der Waals surface area contributed by atoms with Crippen molar-refractivity contribution in [3.63, 3.8) is 0 Å². The van der Waals surface area contributed by atoms with Crippen molar-refractivity contribution in [2.45, 2.75) is 11.3 Å². The van der Waals surface area contributed by atoms with Gasteiger partial charge in [0.25, 0.3) is 10.0 Å². The molecule has 0 atom stereocenters. The highest BCUT2D eigenvalue weighted by molar-refractivity contribution is 9.10. The highest BCUT2D eigenvalue weighted by Crippen LogP contribution is 2.31. The van der Waals surface area contributed by atoms with Crippen molar-refractivity contribution < 1.29 is 17.2 Å². The molecule has 8 heteroatoms. The SMILES string of the molecule is CN(C)CCc1cn(S(=O)(=O)c2ccccc2Br)c2c(F)cc(F)cc12. The van der Waals surface area contributed by atoms with Crippen molar-refractivity contribution in [2.75, 3.05) is 20.6 Å². The van der Waals surface area contributed by atoms with E-state index < -0.39 is 21.7 Å². The van der Waals surface area contributed by atoms with E-state index in [1.165, 1.54) is 18.3 Å². The van der Waals surface area contributed by atoms with Crippen LogP contribution in [0.2, 0.25) is 0 Å². The van der Waals surface area contributed by atoms with E-state index in [-0.39, 0.29) is 15.8 Å². The van der Waals surface area contributed by atoms with Crippen molar-refractivity contribution in [3.05, 3.63) is 64.3 Å². The summed E-state index contributed by atoms with van der Waals surface area (Å²) in [5.41, 5.74) is 0.429. The van der Waals surface area contributed by atoms with Crippen LogP contribution < -0.4 is 0 Å². The lowest BCUT2D eigenvalue weighted by atomic mass is 10.1. The number of fused-ring (bicyclic) bond motifs is 1. The molecule has 0 unspecified atom stereocenters. The van der Waals surface area contributed by atoms with Crippen LogP contribution in [0.5, 0.6) is 0 Å². The van der Waals surface area contributed by atoms with Gasteiger partial charge >= 0.3 is 0 Å². The van der Waals surface area contributed by atoms with Gasteiger partial charge in [-0.3, -0.25) is 0 Å². The first-order chi connectivity index (χ1) is 12.2. The van der Waals surface area contributed by atoms with Crippen LogP contribution in [-0.2, 0) is 16.4 Å². The van der Waals surface area contributed by atoms with Gasteiger partial charge in [-0.2, -0.15) is 0 Å². The molecule has 0 fully saturated rings. The predicted molar refractivity (Wildman–Crippen MR) is 101 cm³/mol. The molecular weight excluding hydrogens is 426 g/mol. The number of hydrogen-bond acceptors (Lipinski definition) is 3. The molecule has 3 rings (SSSR count). The Kier molecular flexibility index (Phi) is 5.18. The van der Waals surface area contributed by atoms with Crippen LogP contribution in [0.3, 0.4) is 0 Å². The lowest BCUT2D eigenvalue weighted by molar-refractivity contribution is 0.414. The minimum atomic E-state index is -4.06. The average molecular weight is 443 g/mol. The Bertz CT molecular complexity index is 1080. The highest BCUT2D eigenvalue weighted by atomic mass is 79.9. The van der Waals surface area contributed by atoms with Crippen LogP contribution >= 0.6 is 15.9 Å². The quantitative estimate of drug-likeness (QED) is 0.598. The van der Waals surface area contributed by atoms with E-state index >= 15 is 0 Å². The van der Waals surface area contributed by atoms with Crippen LogP contribution in [0.15, 0.2) is 52.0 Å². The Morgan fingerprint density at radius 3 is 2.50 bits per heavy atom. The number of aromatic nitrogens is 1. The molecule has 2 aromatic carbocycles. The molecule has 0 aliphatic carbocycles. The summed E-state index contributed by atoms with van der Waals surface area (Å²) in [7, 11) is -0.309. The molecule has 1 aromatic heterocycles. The van der Waals surface area contributed by atoms with Gasteiger partial charge in [-0.05, 0) is 60.2 Å². The molecule has 0 saturated heterocycles. The van der Waals surface area contributed by atoms with Crippen LogP contribution in [0, 0.1) is 11.6 Å². The van der Waals surface area contributed by atoms with Gasteiger partial charge in [-0.15, -0.1) is 0 Å². The van der Waals surface area contributed by atoms with E-state index in [1.54, 1.807) is 18.2 Å². The number of benzene rings is 2. The summed E-state index contributed by atoms with van der Waals surface area (Å²) in [6.07, 6.45) is 1.84. The van der Waals surface area contributed by atoms with Crippen molar-refractivity contribution in [1.82, 2.24) is 8.87 Å². The molecule has 0 aliphatic rings. The molecule has 0 radical (unpaired) electrons. The minimum absolute atomic E-state index is 0.0137. The fourth-order valence-corrected chi connectivity index (χ4v) is 5.17. The Balaban J connectivity index is 2.28. The molecule has 0 saturated carbocycles. The van der Waals surface area contributed by atoms with Gasteiger partial charge in [0.15, 0.2) is 5.82 Å². The molecule has 0 aliphatic heterocycles. The number of likely N-dealkylation sites (N-methyl/N-ethyl adjacent to an activating group) is 1. The van der Waals surface area contributed by atoms with Crippen molar-refractivity contribution >= 4 is 36.9 Å². The largest absolute Gasteiger partial charge is 0.309 e. The second-order valence-corrected chi connectivity index (χ2v) is 8.86. The first-order valence-corrected chi connectivity index (χ1v) is 10.1. The van der Waals surface area contributed by atoms with E-state index in [0.717, 1.165) is 3.97 Å². The molecule has 0 spiro atoms. The maximum Gasteiger partial charge on any atom is 0.269 e. The highest BCUT2D eigenvalue weighted by Gasteiger charge is 2.25. The van der Waals surface area contributed by atoms with Gasteiger partial charge < -0.3 is 4.90 Å². The van der Waals surface area contributed by atoms with Crippen molar-refractivity contribution in [2.24, 2.45) is 0 Å². The molecule has 26 heavy (non-hydrogen) atoms. The standard InChI is InChI=1S/C18H17BrF2N2O2S/c1-22(2)8-7-12-11-23(18-14(12)9-13(20)10-16(18)21)26(24,25)17-6-4-3-5-15(17)19/h3-6,9-11H,7-8H2,1-2H3. The van der Waals surface area contributed by atoms with E-state index in [1.807, 2.05) is 19.0 Å². The van der Waals surface area contributed by atoms with Gasteiger partial charge in [0.1, 0.15) is 16.2 Å². The fourth-order valence-electron chi connectivity index (χ4n) is 2.80. The smallest absolute Gasteiger partial charge is 0.269 e. The molecule has 3 aromatic rings. The van der Waals surface area contributed by atoms with Crippen molar-refractivity contribution in [1.29, 1.82) is 0 Å². The van der Waals surface area contributed by atoms with Gasteiger partial charge in [0.05, 0.1) is 0 Å². The summed E-state index contributed by atoms with van der Waals surface area (Å²) in [5.74, 6) is -1.65. The van der Waals surface area contributed by atoms with Crippen LogP contribution in [0.25, 0.3) is 10.9 Å². The summed E-state index contributed by atoms with van der Waals surface area (Å²) in [6.45, 7) is 0.617. The Hall–Kier alpha value is -1.77. The van der Waals surface area contributed by atoms with Crippen LogP contribution in [0.1, 0.15) is 5.56 Å². The number of halogens is 3. The summed E-state index contributed by atoms with van der Waals surface area (Å²) < 4.78 is 55.8. The van der Waals surface area contributed by atoms with E-state index in [9.17, 15) is 17.2 Å². The summed E-state index contributed by atoms with van der Waals surface area (Å²) in [4.78, 5) is 1.93. The monoisotopic (exact) mass is 442 g/mol. The lowest BCUT2D eigenvalue weighted by Crippen LogP contribution is -2.15. The first kappa shape index (κ1) is 19.0. The zero-order chi connectivity index (χ0) is 19.1. The van der Waals surface area contributed by atoms with Crippen LogP contribution in [0.4, 0.5) is 8.78 Å². The lowest BCUT2D eigenvalue weighted by Gasteiger charge is -2.09. The number of hydrogen-bond donors (Lipinski definition) is 0. The summed E-state index contributed by atoms with van der Waals surface area (Å²) in [6, 6.07) is 8.19. The van der Waals surface area contributed by atoms with E-state index in [0.29, 0.717) is 29.1 Å². The number of rotatable bonds is 5. The average Bonchev–Trinajstić information content (AvgIpc) is 2.92. The Morgan fingerprint density at radius 1 is 1.15 bits per heavy atom. The molecule has 0 bridgehead atoms. The third-order valence-corrected chi connectivity index (χ3v) is 6.74. The second kappa shape index (κ2) is 7.09. The minimum Gasteiger partial charge on any atom is -0.309 e. The van der Waals surface area contributed by atoms with E-state index in [2.05, 4.69) is 15.9 Å². The van der Waals surface area contributed by atoms with E-state index in [4.69, 9.17) is 0 Å². The summed E-state index contributed by atoms with van der Waals surface area (Å²) >= 11 is 3.23. The molecule has 1 heterocycles. The maximum atomic E-state index is 14.5. The maximum absolute atomic E-state index is 14.5. The van der Waals surface area contributed by atoms with Gasteiger partial charge in [-0.25, -0.2) is 21.2 Å². The molecule has 4 nitrogen and oxygen atoms in total. The number of nitrogens with zero attached hydrogens (tertiary/aromatic N) is 2. The Labute approximate surface area is 159 Å².